The van der Waals surface area contributed by atoms with Crippen LogP contribution < -0.4 is 0 Å². The molecule has 0 radical (unpaired) electrons. The Bertz CT molecular complexity index is 1780. The molecule has 0 spiro atoms. The molecule has 43 heavy (non-hydrogen) atoms. The van der Waals surface area contributed by atoms with Gasteiger partial charge in [-0.15, -0.1) is 4.91 Å². The smallest absolute Gasteiger partial charge is 0.449 e. The van der Waals surface area contributed by atoms with Crippen LogP contribution in [0.3, 0.4) is 0 Å². The van der Waals surface area contributed by atoms with E-state index in [1.807, 2.05) is 78.6 Å². The molecule has 0 bridgehead atoms. The van der Waals surface area contributed by atoms with Crippen LogP contribution in [0.2, 0.25) is 0 Å². The van der Waals surface area contributed by atoms with Gasteiger partial charge in [-0.3, -0.25) is 9.69 Å². The lowest BCUT2D eigenvalue weighted by atomic mass is 9.82. The van der Waals surface area contributed by atoms with Crippen LogP contribution in [-0.4, -0.2) is 20.8 Å². The number of fused-ring (bicyclic) bond motifs is 1. The topological polar surface area (TPSA) is 88.7 Å². The number of hydrogen-bond acceptors (Lipinski definition) is 6. The summed E-state index contributed by atoms with van der Waals surface area (Å²) in [6.07, 6.45) is -4.57. The number of alkyl halides is 3. The third-order valence-corrected chi connectivity index (χ3v) is 7.43. The minimum absolute atomic E-state index is 0.127. The molecule has 0 atom stereocenters. The fourth-order valence-electron chi connectivity index (χ4n) is 4.88. The highest BCUT2D eigenvalue weighted by Crippen LogP contribution is 2.32. The molecule has 1 amide bonds. The van der Waals surface area contributed by atoms with Crippen molar-refractivity contribution in [3.05, 3.63) is 124 Å². The lowest BCUT2D eigenvalue weighted by Gasteiger charge is -2.22. The Labute approximate surface area is 246 Å². The van der Waals surface area contributed by atoms with Crippen LogP contribution in [-0.2, 0) is 36.0 Å². The average molecular weight is 587 g/mol. The Morgan fingerprint density at radius 2 is 1.53 bits per heavy atom. The zero-order valence-corrected chi connectivity index (χ0v) is 23.9. The highest BCUT2D eigenvalue weighted by Gasteiger charge is 2.35. The molecule has 5 rings (SSSR count). The van der Waals surface area contributed by atoms with Gasteiger partial charge in [-0.1, -0.05) is 60.7 Å². The van der Waals surface area contributed by atoms with Crippen molar-refractivity contribution in [1.82, 2.24) is 14.9 Å². The predicted molar refractivity (Wildman–Crippen MR) is 157 cm³/mol. The lowest BCUT2D eigenvalue weighted by molar-refractivity contribution is -0.153. The van der Waals surface area contributed by atoms with Crippen molar-refractivity contribution in [1.29, 1.82) is 0 Å². The molecule has 0 unspecified atom stereocenters. The van der Waals surface area contributed by atoms with E-state index in [2.05, 4.69) is 10.2 Å². The number of aromatic nitrogens is 2. The van der Waals surface area contributed by atoms with Gasteiger partial charge >= 0.3 is 6.18 Å². The number of para-hydroxylation sites is 2. The Hall–Kier alpha value is -4.70. The van der Waals surface area contributed by atoms with E-state index in [-0.39, 0.29) is 12.3 Å². The van der Waals surface area contributed by atoms with Gasteiger partial charge < -0.3 is 4.42 Å². The highest BCUT2D eigenvalue weighted by atomic mass is 19.4. The van der Waals surface area contributed by atoms with Crippen LogP contribution in [0.15, 0.2) is 94.5 Å². The molecule has 2 aromatic heterocycles. The Morgan fingerprint density at radius 3 is 2.19 bits per heavy atom. The molecule has 3 aromatic carbocycles. The second kappa shape index (κ2) is 11.9. The number of rotatable bonds is 9. The Morgan fingerprint density at radius 1 is 0.837 bits per heavy atom. The molecule has 5 aromatic rings. The van der Waals surface area contributed by atoms with Crippen molar-refractivity contribution in [2.45, 2.75) is 52.0 Å². The van der Waals surface area contributed by atoms with E-state index in [4.69, 9.17) is 9.40 Å². The molecule has 0 fully saturated rings. The molecule has 7 nitrogen and oxygen atoms in total. The maximum absolute atomic E-state index is 13.2. The minimum Gasteiger partial charge on any atom is -0.455 e. The van der Waals surface area contributed by atoms with Gasteiger partial charge in [0.1, 0.15) is 5.76 Å². The quantitative estimate of drug-likeness (QED) is 0.163. The first kappa shape index (κ1) is 29.8. The Balaban J connectivity index is 1.41. The van der Waals surface area contributed by atoms with E-state index in [1.54, 1.807) is 19.9 Å². The van der Waals surface area contributed by atoms with E-state index in [1.165, 1.54) is 6.07 Å². The van der Waals surface area contributed by atoms with Gasteiger partial charge in [-0.25, -0.2) is 9.97 Å². The van der Waals surface area contributed by atoms with Crippen LogP contribution in [0.1, 0.15) is 47.9 Å². The first-order valence-corrected chi connectivity index (χ1v) is 13.6. The summed E-state index contributed by atoms with van der Waals surface area (Å²) < 4.78 is 44.7. The highest BCUT2D eigenvalue weighted by molar-refractivity contribution is 5.88. The van der Waals surface area contributed by atoms with Gasteiger partial charge in [-0.05, 0) is 67.3 Å². The second-order valence-electron chi connectivity index (χ2n) is 11.0. The van der Waals surface area contributed by atoms with Crippen molar-refractivity contribution < 1.29 is 22.4 Å². The third-order valence-electron chi connectivity index (χ3n) is 7.43. The van der Waals surface area contributed by atoms with E-state index in [0.717, 1.165) is 45.2 Å². The predicted octanol–water partition coefficient (Wildman–Crippen LogP) is 7.99. The first-order valence-electron chi connectivity index (χ1n) is 13.6. The number of nitroso groups, excluding NO2 is 1. The zero-order chi connectivity index (χ0) is 30.8. The summed E-state index contributed by atoms with van der Waals surface area (Å²) in [6.45, 7) is 6.05. The fraction of sp³-hybridized carbons (Fsp3) is 0.242. The number of halogens is 3. The summed E-state index contributed by atoms with van der Waals surface area (Å²) in [5.41, 5.74) is 5.27. The third kappa shape index (κ3) is 6.70. The molecular weight excluding hydrogens is 557 g/mol. The second-order valence-corrected chi connectivity index (χ2v) is 11.0. The standard InChI is InChI=1S/C33H29F3N4O3/c1-21-29(38-28-10-5-4-9-27(28)37-21)20-40(19-26-15-16-30(43-26)33(34,35)36)18-22-11-13-23(14-12-22)24-7-6-8-25(17-24)32(2,3)31(41)39-42/h4-17H,18-20H2,1-3H3. The molecular formula is C33H29F3N4O3. The normalized spacial score (nSPS) is 12.2. The maximum atomic E-state index is 13.2. The van der Waals surface area contributed by atoms with Crippen LogP contribution >= 0.6 is 0 Å². The minimum atomic E-state index is -4.57. The number of hydrogen-bond donors (Lipinski definition) is 0. The number of benzene rings is 3. The fourth-order valence-corrected chi connectivity index (χ4v) is 4.88. The van der Waals surface area contributed by atoms with E-state index < -0.39 is 23.3 Å². The van der Waals surface area contributed by atoms with Crippen LogP contribution in [0.25, 0.3) is 22.2 Å². The summed E-state index contributed by atoms with van der Waals surface area (Å²) in [4.78, 5) is 34.4. The van der Waals surface area contributed by atoms with Gasteiger partial charge in [0.2, 0.25) is 5.76 Å². The van der Waals surface area contributed by atoms with E-state index in [0.29, 0.717) is 18.7 Å². The molecule has 220 valence electrons. The van der Waals surface area contributed by atoms with Crippen LogP contribution in [0.5, 0.6) is 0 Å². The first-order chi connectivity index (χ1) is 20.4. The van der Waals surface area contributed by atoms with Gasteiger partial charge in [-0.2, -0.15) is 13.2 Å². The van der Waals surface area contributed by atoms with Crippen molar-refractivity contribution in [2.24, 2.45) is 5.18 Å². The van der Waals surface area contributed by atoms with Crippen LogP contribution in [0.4, 0.5) is 13.2 Å². The van der Waals surface area contributed by atoms with Crippen molar-refractivity contribution in [2.75, 3.05) is 0 Å². The summed E-state index contributed by atoms with van der Waals surface area (Å²) >= 11 is 0. The summed E-state index contributed by atoms with van der Waals surface area (Å²) in [6, 6.07) is 25.0. The average Bonchev–Trinajstić information content (AvgIpc) is 3.47. The number of amides is 1. The molecule has 0 aliphatic heterocycles. The number of furan rings is 1. The summed E-state index contributed by atoms with van der Waals surface area (Å²) in [5.74, 6) is -1.59. The molecule has 0 aliphatic rings. The van der Waals surface area contributed by atoms with Crippen molar-refractivity contribution >= 4 is 16.9 Å². The number of carbonyl (C=O) groups excluding carboxylic acids is 1. The van der Waals surface area contributed by atoms with E-state index in [9.17, 15) is 22.9 Å². The summed E-state index contributed by atoms with van der Waals surface area (Å²) in [5, 5.41) is 2.61. The molecule has 10 heteroatoms. The molecule has 0 aliphatic carbocycles. The SMILES string of the molecule is Cc1nc2ccccc2nc1CN(Cc1ccc(-c2cccc(C(C)(C)C(=O)N=O)c2)cc1)Cc1ccc(C(F)(F)F)o1. The van der Waals surface area contributed by atoms with Gasteiger partial charge in [0.05, 0.1) is 34.4 Å². The van der Waals surface area contributed by atoms with Gasteiger partial charge in [0, 0.05) is 18.3 Å². The molecule has 0 saturated heterocycles. The lowest BCUT2D eigenvalue weighted by Crippen LogP contribution is -2.27. The van der Waals surface area contributed by atoms with Crippen molar-refractivity contribution in [3.8, 4) is 11.1 Å². The zero-order valence-electron chi connectivity index (χ0n) is 23.9. The Kier molecular flexibility index (Phi) is 8.23. The number of carbonyl (C=O) groups is 1. The van der Waals surface area contributed by atoms with Gasteiger partial charge in [0.25, 0.3) is 5.91 Å². The molecule has 0 saturated carbocycles. The largest absolute Gasteiger partial charge is 0.455 e. The summed E-state index contributed by atoms with van der Waals surface area (Å²) in [7, 11) is 0. The van der Waals surface area contributed by atoms with Crippen LogP contribution in [0, 0.1) is 11.8 Å². The number of nitrogens with zero attached hydrogens (tertiary/aromatic N) is 4. The monoisotopic (exact) mass is 586 g/mol. The van der Waals surface area contributed by atoms with Gasteiger partial charge in [0.15, 0.2) is 0 Å². The van der Waals surface area contributed by atoms with Crippen molar-refractivity contribution in [3.63, 3.8) is 0 Å². The number of aryl methyl sites for hydroxylation is 1. The van der Waals surface area contributed by atoms with E-state index >= 15 is 0 Å². The molecule has 0 N–H and O–H groups in total. The molecule has 2 heterocycles. The maximum Gasteiger partial charge on any atom is 0.449 e.